The molecule has 0 saturated carbocycles. The minimum absolute atomic E-state index is 0.0792. The van der Waals surface area contributed by atoms with Gasteiger partial charge >= 0.3 is 0 Å². The van der Waals surface area contributed by atoms with Crippen molar-refractivity contribution in [2.45, 2.75) is 18.2 Å². The summed E-state index contributed by atoms with van der Waals surface area (Å²) in [5.74, 6) is 4.55. The molecule has 1 aromatic carbocycles. The van der Waals surface area contributed by atoms with Crippen molar-refractivity contribution < 1.29 is 4.74 Å². The van der Waals surface area contributed by atoms with Gasteiger partial charge in [-0.3, -0.25) is 0 Å². The standard InChI is InChI=1S/C13H19NOS2/c1-2-15-11-6-4-3-5-10(11)13(14)12-9-16-7-8-17-12/h3-6,12-13H,2,7-9,14H2,1H3. The van der Waals surface area contributed by atoms with Crippen LogP contribution in [0.15, 0.2) is 24.3 Å². The summed E-state index contributed by atoms with van der Waals surface area (Å²) in [5, 5.41) is 0.510. The zero-order valence-electron chi connectivity index (χ0n) is 10.1. The number of thioether (sulfide) groups is 2. The molecular formula is C13H19NOS2. The number of benzene rings is 1. The highest BCUT2D eigenvalue weighted by Crippen LogP contribution is 2.35. The van der Waals surface area contributed by atoms with Crippen LogP contribution < -0.4 is 10.5 Å². The third kappa shape index (κ3) is 3.33. The van der Waals surface area contributed by atoms with E-state index in [0.29, 0.717) is 11.9 Å². The molecule has 0 aromatic heterocycles. The van der Waals surface area contributed by atoms with Crippen LogP contribution in [0.2, 0.25) is 0 Å². The SMILES string of the molecule is CCOc1ccccc1C(N)C1CSCCS1. The summed E-state index contributed by atoms with van der Waals surface area (Å²) in [6, 6.07) is 8.23. The Morgan fingerprint density at radius 1 is 1.41 bits per heavy atom. The van der Waals surface area contributed by atoms with E-state index < -0.39 is 0 Å². The molecule has 1 saturated heterocycles. The first-order chi connectivity index (χ1) is 8.33. The Morgan fingerprint density at radius 3 is 2.94 bits per heavy atom. The fourth-order valence-corrected chi connectivity index (χ4v) is 4.75. The second-order valence-electron chi connectivity index (χ2n) is 3.98. The van der Waals surface area contributed by atoms with E-state index >= 15 is 0 Å². The molecule has 0 radical (unpaired) electrons. The van der Waals surface area contributed by atoms with E-state index in [-0.39, 0.29) is 6.04 Å². The second kappa shape index (κ2) is 6.57. The lowest BCUT2D eigenvalue weighted by atomic mass is 10.0. The van der Waals surface area contributed by atoms with Crippen molar-refractivity contribution in [2.24, 2.45) is 5.73 Å². The topological polar surface area (TPSA) is 35.2 Å². The minimum Gasteiger partial charge on any atom is -0.494 e. The molecule has 0 amide bonds. The molecule has 2 nitrogen and oxygen atoms in total. The van der Waals surface area contributed by atoms with E-state index in [1.165, 1.54) is 11.5 Å². The van der Waals surface area contributed by atoms with Gasteiger partial charge in [0.25, 0.3) is 0 Å². The van der Waals surface area contributed by atoms with Gasteiger partial charge < -0.3 is 10.5 Å². The highest BCUT2D eigenvalue weighted by atomic mass is 32.2. The van der Waals surface area contributed by atoms with Crippen LogP contribution in [-0.2, 0) is 0 Å². The van der Waals surface area contributed by atoms with E-state index in [1.807, 2.05) is 48.6 Å². The van der Waals surface area contributed by atoms with Crippen LogP contribution in [0, 0.1) is 0 Å². The van der Waals surface area contributed by atoms with Gasteiger partial charge in [0.15, 0.2) is 0 Å². The van der Waals surface area contributed by atoms with Crippen LogP contribution in [0.1, 0.15) is 18.5 Å². The first kappa shape index (κ1) is 13.1. The molecule has 1 aromatic rings. The van der Waals surface area contributed by atoms with Gasteiger partial charge in [0.05, 0.1) is 6.61 Å². The van der Waals surface area contributed by atoms with Crippen LogP contribution in [0.3, 0.4) is 0 Å². The molecular weight excluding hydrogens is 250 g/mol. The molecule has 4 heteroatoms. The van der Waals surface area contributed by atoms with Crippen LogP contribution in [0.25, 0.3) is 0 Å². The highest BCUT2D eigenvalue weighted by molar-refractivity contribution is 8.06. The van der Waals surface area contributed by atoms with Gasteiger partial charge in [-0.25, -0.2) is 0 Å². The van der Waals surface area contributed by atoms with E-state index in [4.69, 9.17) is 10.5 Å². The number of hydrogen-bond acceptors (Lipinski definition) is 4. The molecule has 1 aliphatic heterocycles. The molecule has 1 heterocycles. The second-order valence-corrected chi connectivity index (χ2v) is 6.48. The lowest BCUT2D eigenvalue weighted by molar-refractivity contribution is 0.334. The Morgan fingerprint density at radius 2 is 2.24 bits per heavy atom. The molecule has 0 aliphatic carbocycles. The molecule has 1 aliphatic rings. The van der Waals surface area contributed by atoms with Crippen LogP contribution in [0.5, 0.6) is 5.75 Å². The smallest absolute Gasteiger partial charge is 0.124 e. The number of rotatable bonds is 4. The van der Waals surface area contributed by atoms with Crippen molar-refractivity contribution in [3.63, 3.8) is 0 Å². The summed E-state index contributed by atoms with van der Waals surface area (Å²) in [7, 11) is 0. The highest BCUT2D eigenvalue weighted by Gasteiger charge is 2.24. The van der Waals surface area contributed by atoms with E-state index in [9.17, 15) is 0 Å². The Bertz CT molecular complexity index is 353. The molecule has 0 bridgehead atoms. The first-order valence-corrected chi connectivity index (χ1v) is 8.20. The molecule has 0 spiro atoms. The maximum Gasteiger partial charge on any atom is 0.124 e. The molecule has 2 N–H and O–H groups in total. The maximum absolute atomic E-state index is 6.39. The zero-order chi connectivity index (χ0) is 12.1. The lowest BCUT2D eigenvalue weighted by Gasteiger charge is -2.28. The van der Waals surface area contributed by atoms with Gasteiger partial charge in [-0.2, -0.15) is 23.5 Å². The Balaban J connectivity index is 2.14. The van der Waals surface area contributed by atoms with E-state index in [2.05, 4.69) is 6.07 Å². The van der Waals surface area contributed by atoms with Crippen molar-refractivity contribution >= 4 is 23.5 Å². The average molecular weight is 269 g/mol. The predicted octanol–water partition coefficient (Wildman–Crippen LogP) is 2.93. The van der Waals surface area contributed by atoms with Crippen LogP contribution in [-0.4, -0.2) is 29.1 Å². The van der Waals surface area contributed by atoms with Gasteiger partial charge in [-0.15, -0.1) is 0 Å². The van der Waals surface area contributed by atoms with Crippen molar-refractivity contribution in [2.75, 3.05) is 23.9 Å². The van der Waals surface area contributed by atoms with Crippen molar-refractivity contribution in [3.8, 4) is 5.75 Å². The Labute approximate surface area is 112 Å². The van der Waals surface area contributed by atoms with Crippen molar-refractivity contribution in [3.05, 3.63) is 29.8 Å². The normalized spacial score (nSPS) is 22.1. The van der Waals surface area contributed by atoms with Crippen molar-refractivity contribution in [1.82, 2.24) is 0 Å². The van der Waals surface area contributed by atoms with E-state index in [1.54, 1.807) is 0 Å². The average Bonchev–Trinajstić information content (AvgIpc) is 2.40. The van der Waals surface area contributed by atoms with Gasteiger partial charge in [-0.05, 0) is 13.0 Å². The first-order valence-electron chi connectivity index (χ1n) is 5.99. The van der Waals surface area contributed by atoms with Crippen LogP contribution in [0.4, 0.5) is 0 Å². The number of para-hydroxylation sites is 1. The molecule has 2 unspecified atom stereocenters. The quantitative estimate of drug-likeness (QED) is 0.911. The van der Waals surface area contributed by atoms with Crippen LogP contribution >= 0.6 is 23.5 Å². The van der Waals surface area contributed by atoms with Gasteiger partial charge in [-0.1, -0.05) is 18.2 Å². The maximum atomic E-state index is 6.39. The van der Waals surface area contributed by atoms with Gasteiger partial charge in [0, 0.05) is 34.1 Å². The van der Waals surface area contributed by atoms with Crippen molar-refractivity contribution in [1.29, 1.82) is 0 Å². The number of hydrogen-bond donors (Lipinski definition) is 1. The summed E-state index contributed by atoms with van der Waals surface area (Å²) < 4.78 is 5.65. The molecule has 2 atom stereocenters. The van der Waals surface area contributed by atoms with Gasteiger partial charge in [0.2, 0.25) is 0 Å². The summed E-state index contributed by atoms with van der Waals surface area (Å²) in [6.07, 6.45) is 0. The van der Waals surface area contributed by atoms with E-state index in [0.717, 1.165) is 17.1 Å². The predicted molar refractivity (Wildman–Crippen MR) is 78.1 cm³/mol. The number of nitrogens with two attached hydrogens (primary N) is 1. The molecule has 1 fully saturated rings. The zero-order valence-corrected chi connectivity index (χ0v) is 11.7. The molecule has 94 valence electrons. The third-order valence-electron chi connectivity index (χ3n) is 2.82. The molecule has 17 heavy (non-hydrogen) atoms. The summed E-state index contributed by atoms with van der Waals surface area (Å²) in [4.78, 5) is 0. The fraction of sp³-hybridized carbons (Fsp3) is 0.538. The Kier molecular flexibility index (Phi) is 5.07. The summed E-state index contributed by atoms with van der Waals surface area (Å²) >= 11 is 4.00. The third-order valence-corrected chi connectivity index (χ3v) is 5.71. The molecule has 2 rings (SSSR count). The fourth-order valence-electron chi connectivity index (χ4n) is 1.96. The summed E-state index contributed by atoms with van der Waals surface area (Å²) in [5.41, 5.74) is 7.53. The number of ether oxygens (including phenoxy) is 1. The minimum atomic E-state index is 0.0792. The largest absolute Gasteiger partial charge is 0.494 e. The Hall–Kier alpha value is -0.320. The summed E-state index contributed by atoms with van der Waals surface area (Å²) in [6.45, 7) is 2.70. The monoisotopic (exact) mass is 269 g/mol. The lowest BCUT2D eigenvalue weighted by Crippen LogP contribution is -2.29. The van der Waals surface area contributed by atoms with Gasteiger partial charge in [0.1, 0.15) is 5.75 Å².